The molecule has 1 fully saturated rings. The van der Waals surface area contributed by atoms with Crippen LogP contribution in [0, 0.1) is 0 Å². The van der Waals surface area contributed by atoms with E-state index in [2.05, 4.69) is 33.5 Å². The first-order valence-electron chi connectivity index (χ1n) is 8.45. The quantitative estimate of drug-likeness (QED) is 0.282. The highest BCUT2D eigenvalue weighted by molar-refractivity contribution is 7.99. The second-order valence-electron chi connectivity index (χ2n) is 6.26. The molecule has 2 aliphatic heterocycles. The topological polar surface area (TPSA) is 91.2 Å². The molecule has 0 atom stereocenters. The minimum Gasteiger partial charge on any atom is -0.380 e. The maximum Gasteiger partial charge on any atom is 0.265 e. The first kappa shape index (κ1) is 16.3. The van der Waals surface area contributed by atoms with Gasteiger partial charge in [0.15, 0.2) is 0 Å². The lowest BCUT2D eigenvalue weighted by Gasteiger charge is -2.29. The molecular weight excluding hydrogens is 334 g/mol. The van der Waals surface area contributed by atoms with Crippen molar-refractivity contribution < 1.29 is 4.79 Å². The van der Waals surface area contributed by atoms with Crippen LogP contribution in [0.2, 0.25) is 0 Å². The van der Waals surface area contributed by atoms with E-state index in [1.165, 1.54) is 0 Å². The molecule has 0 aromatic heterocycles. The number of para-hydroxylation sites is 1. The van der Waals surface area contributed by atoms with Crippen molar-refractivity contribution in [1.82, 2.24) is 10.7 Å². The molecule has 2 heterocycles. The van der Waals surface area contributed by atoms with Gasteiger partial charge in [0.2, 0.25) is 0 Å². The van der Waals surface area contributed by atoms with Gasteiger partial charge >= 0.3 is 0 Å². The summed E-state index contributed by atoms with van der Waals surface area (Å²) in [5.41, 5.74) is 5.85. The number of benzene rings is 2. The van der Waals surface area contributed by atoms with E-state index in [0.29, 0.717) is 11.6 Å². The highest BCUT2D eigenvalue weighted by atomic mass is 32.2. The summed E-state index contributed by atoms with van der Waals surface area (Å²) in [5, 5.41) is 10.5. The first-order valence-corrected chi connectivity index (χ1v) is 9.26. The zero-order valence-corrected chi connectivity index (χ0v) is 14.6. The summed E-state index contributed by atoms with van der Waals surface area (Å²) in [7, 11) is 0. The number of hydrogen-bond acceptors (Lipinski definition) is 6. The number of amides is 1. The summed E-state index contributed by atoms with van der Waals surface area (Å²) in [6.07, 6.45) is 2.12. The summed E-state index contributed by atoms with van der Waals surface area (Å²) in [4.78, 5) is 14.3. The summed E-state index contributed by atoms with van der Waals surface area (Å²) in [5.74, 6) is 5.06. The molecule has 1 saturated heterocycles. The Hall–Kier alpha value is -2.22. The molecule has 0 unspecified atom stereocenters. The SMILES string of the molecule is NNC(=O)c1cc(NC2CCNCC2)c2c(c1)Sc1ccccc1N2. The van der Waals surface area contributed by atoms with Crippen LogP contribution in [0.25, 0.3) is 0 Å². The first-order chi connectivity index (χ1) is 12.2. The number of carbonyl (C=O) groups excluding carboxylic acids is 1. The van der Waals surface area contributed by atoms with Crippen molar-refractivity contribution in [2.75, 3.05) is 23.7 Å². The van der Waals surface area contributed by atoms with Gasteiger partial charge in [0.1, 0.15) is 0 Å². The summed E-state index contributed by atoms with van der Waals surface area (Å²) in [6.45, 7) is 2.02. The normalized spacial score (nSPS) is 16.4. The molecule has 2 aliphatic rings. The molecule has 7 heteroatoms. The van der Waals surface area contributed by atoms with E-state index in [0.717, 1.165) is 52.8 Å². The molecule has 0 saturated carbocycles. The number of rotatable bonds is 3. The number of carbonyl (C=O) groups is 1. The molecular formula is C18H21N5OS. The fourth-order valence-corrected chi connectivity index (χ4v) is 4.31. The van der Waals surface area contributed by atoms with E-state index in [4.69, 9.17) is 5.84 Å². The lowest BCUT2D eigenvalue weighted by molar-refractivity contribution is 0.0953. The Morgan fingerprint density at radius 3 is 2.76 bits per heavy atom. The van der Waals surface area contributed by atoms with Gasteiger partial charge in [0, 0.05) is 21.4 Å². The van der Waals surface area contributed by atoms with E-state index in [-0.39, 0.29) is 5.91 Å². The van der Waals surface area contributed by atoms with Gasteiger partial charge in [-0.15, -0.1) is 0 Å². The maximum absolute atomic E-state index is 12.1. The molecule has 6 N–H and O–H groups in total. The van der Waals surface area contributed by atoms with Crippen LogP contribution in [0.15, 0.2) is 46.2 Å². The predicted octanol–water partition coefficient (Wildman–Crippen LogP) is 2.66. The third-order valence-electron chi connectivity index (χ3n) is 4.56. The molecule has 0 aliphatic carbocycles. The van der Waals surface area contributed by atoms with Crippen molar-refractivity contribution in [3.8, 4) is 0 Å². The lowest BCUT2D eigenvalue weighted by Crippen LogP contribution is -2.35. The van der Waals surface area contributed by atoms with Crippen molar-refractivity contribution >= 4 is 34.7 Å². The van der Waals surface area contributed by atoms with Crippen molar-refractivity contribution in [2.24, 2.45) is 5.84 Å². The van der Waals surface area contributed by atoms with Gasteiger partial charge in [-0.25, -0.2) is 5.84 Å². The van der Waals surface area contributed by atoms with Gasteiger partial charge in [-0.1, -0.05) is 23.9 Å². The number of hydrazine groups is 1. The van der Waals surface area contributed by atoms with Crippen LogP contribution in [0.5, 0.6) is 0 Å². The van der Waals surface area contributed by atoms with Gasteiger partial charge < -0.3 is 16.0 Å². The minimum atomic E-state index is -0.282. The maximum atomic E-state index is 12.1. The molecule has 0 radical (unpaired) electrons. The standard InChI is InChI=1S/C18H21N5OS/c19-23-18(24)11-9-14(21-12-5-7-20-8-6-12)17-16(10-11)25-15-4-2-1-3-13(15)22-17/h1-4,9-10,12,20-22H,5-8,19H2,(H,23,24). The van der Waals surface area contributed by atoms with Gasteiger partial charge in [-0.2, -0.15) is 0 Å². The zero-order chi connectivity index (χ0) is 17.2. The van der Waals surface area contributed by atoms with Crippen LogP contribution in [-0.4, -0.2) is 25.0 Å². The molecule has 0 bridgehead atoms. The highest BCUT2D eigenvalue weighted by Crippen LogP contribution is 2.47. The fraction of sp³-hybridized carbons (Fsp3) is 0.278. The number of piperidine rings is 1. The average Bonchev–Trinajstić information content (AvgIpc) is 2.66. The van der Waals surface area contributed by atoms with Crippen molar-refractivity contribution in [2.45, 2.75) is 28.7 Å². The molecule has 6 nitrogen and oxygen atoms in total. The van der Waals surface area contributed by atoms with Crippen LogP contribution >= 0.6 is 11.8 Å². The minimum absolute atomic E-state index is 0.282. The van der Waals surface area contributed by atoms with Crippen molar-refractivity contribution in [3.63, 3.8) is 0 Å². The number of nitrogens with one attached hydrogen (secondary N) is 4. The Kier molecular flexibility index (Phi) is 4.52. The summed E-state index contributed by atoms with van der Waals surface area (Å²) < 4.78 is 0. The molecule has 2 aromatic carbocycles. The summed E-state index contributed by atoms with van der Waals surface area (Å²) in [6, 6.07) is 12.3. The van der Waals surface area contributed by atoms with E-state index in [1.807, 2.05) is 24.3 Å². The number of nitrogens with two attached hydrogens (primary N) is 1. The fourth-order valence-electron chi connectivity index (χ4n) is 3.25. The number of hydrogen-bond donors (Lipinski definition) is 5. The van der Waals surface area contributed by atoms with Crippen LogP contribution in [0.1, 0.15) is 23.2 Å². The molecule has 130 valence electrons. The average molecular weight is 355 g/mol. The number of anilines is 3. The van der Waals surface area contributed by atoms with Crippen LogP contribution in [0.4, 0.5) is 17.1 Å². The van der Waals surface area contributed by atoms with Crippen LogP contribution in [-0.2, 0) is 0 Å². The molecule has 0 spiro atoms. The Bertz CT molecular complexity index is 804. The lowest BCUT2D eigenvalue weighted by atomic mass is 10.0. The van der Waals surface area contributed by atoms with Gasteiger partial charge in [0.05, 0.1) is 17.1 Å². The van der Waals surface area contributed by atoms with Gasteiger partial charge in [0.25, 0.3) is 5.91 Å². The molecule has 2 aromatic rings. The second kappa shape index (κ2) is 6.95. The Balaban J connectivity index is 1.72. The molecule has 25 heavy (non-hydrogen) atoms. The second-order valence-corrected chi connectivity index (χ2v) is 7.35. The Labute approximate surface area is 150 Å². The monoisotopic (exact) mass is 355 g/mol. The Morgan fingerprint density at radius 1 is 1.16 bits per heavy atom. The smallest absolute Gasteiger partial charge is 0.265 e. The van der Waals surface area contributed by atoms with Crippen LogP contribution in [0.3, 0.4) is 0 Å². The molecule has 4 rings (SSSR count). The Morgan fingerprint density at radius 2 is 1.96 bits per heavy atom. The molecule has 1 amide bonds. The van der Waals surface area contributed by atoms with E-state index in [1.54, 1.807) is 11.8 Å². The summed E-state index contributed by atoms with van der Waals surface area (Å²) >= 11 is 1.67. The third kappa shape index (κ3) is 3.30. The van der Waals surface area contributed by atoms with E-state index >= 15 is 0 Å². The van der Waals surface area contributed by atoms with Crippen LogP contribution < -0.4 is 27.2 Å². The third-order valence-corrected chi connectivity index (χ3v) is 5.68. The number of fused-ring (bicyclic) bond motifs is 2. The van der Waals surface area contributed by atoms with E-state index in [9.17, 15) is 4.79 Å². The predicted molar refractivity (Wildman–Crippen MR) is 101 cm³/mol. The highest BCUT2D eigenvalue weighted by Gasteiger charge is 2.23. The largest absolute Gasteiger partial charge is 0.380 e. The van der Waals surface area contributed by atoms with Gasteiger partial charge in [-0.05, 0) is 50.2 Å². The van der Waals surface area contributed by atoms with Gasteiger partial charge in [-0.3, -0.25) is 10.2 Å². The van der Waals surface area contributed by atoms with Crippen molar-refractivity contribution in [3.05, 3.63) is 42.0 Å². The zero-order valence-electron chi connectivity index (χ0n) is 13.8. The van der Waals surface area contributed by atoms with Crippen molar-refractivity contribution in [1.29, 1.82) is 0 Å². The van der Waals surface area contributed by atoms with E-state index < -0.39 is 0 Å². The number of nitrogen functional groups attached to an aromatic ring is 1.